The van der Waals surface area contributed by atoms with E-state index in [9.17, 15) is 9.59 Å². The van der Waals surface area contributed by atoms with Crippen molar-refractivity contribution in [2.45, 2.75) is 0 Å². The number of carboxylic acids is 1. The summed E-state index contributed by atoms with van der Waals surface area (Å²) in [5, 5.41) is 8.21. The van der Waals surface area contributed by atoms with Crippen LogP contribution in [0.2, 0.25) is 0 Å². The lowest BCUT2D eigenvalue weighted by molar-refractivity contribution is -0.128. The highest BCUT2D eigenvalue weighted by Gasteiger charge is 2.01. The van der Waals surface area contributed by atoms with Gasteiger partial charge in [-0.2, -0.15) is 0 Å². The van der Waals surface area contributed by atoms with Crippen LogP contribution in [-0.2, 0) is 4.79 Å². The molecule has 0 aromatic heterocycles. The zero-order valence-electron chi connectivity index (χ0n) is 6.68. The molecule has 0 unspecified atom stereocenters. The molecule has 0 aliphatic carbocycles. The van der Waals surface area contributed by atoms with Gasteiger partial charge in [-0.25, -0.2) is 9.79 Å². The number of nitrogens with zero attached hydrogens (tertiary/aromatic N) is 1. The second-order valence-electron chi connectivity index (χ2n) is 2.27. The van der Waals surface area contributed by atoms with Crippen molar-refractivity contribution in [2.75, 3.05) is 0 Å². The van der Waals surface area contributed by atoms with E-state index in [0.29, 0.717) is 11.8 Å². The van der Waals surface area contributed by atoms with Crippen molar-refractivity contribution in [2.24, 2.45) is 4.99 Å². The minimum atomic E-state index is -1.23. The molecule has 0 saturated carbocycles. The number of rotatable bonds is 2. The van der Waals surface area contributed by atoms with Crippen LogP contribution in [0.4, 0.5) is 0 Å². The summed E-state index contributed by atoms with van der Waals surface area (Å²) in [5.41, 5.74) is 0.375. The summed E-state index contributed by atoms with van der Waals surface area (Å²) < 4.78 is 0. The molecule has 1 N–H and O–H groups in total. The van der Waals surface area contributed by atoms with Gasteiger partial charge in [-0.1, -0.05) is 18.2 Å². The van der Waals surface area contributed by atoms with Crippen molar-refractivity contribution in [3.8, 4) is 0 Å². The van der Waals surface area contributed by atoms with E-state index in [2.05, 4.69) is 4.99 Å². The molecule has 0 radical (unpaired) electrons. The van der Waals surface area contributed by atoms with Crippen LogP contribution in [0.25, 0.3) is 0 Å². The van der Waals surface area contributed by atoms with Gasteiger partial charge in [0.1, 0.15) is 6.21 Å². The predicted octanol–water partition coefficient (Wildman–Crippen LogP) is 0.982. The first-order valence-electron chi connectivity index (χ1n) is 3.56. The Kier molecular flexibility index (Phi) is 2.92. The summed E-state index contributed by atoms with van der Waals surface area (Å²) in [5.74, 6) is -1.78. The lowest BCUT2D eigenvalue weighted by Crippen LogP contribution is -2.00. The molecule has 0 atom stereocenters. The number of carbonyl (C=O) groups excluding carboxylic acids is 1. The highest BCUT2D eigenvalue weighted by molar-refractivity contribution is 6.25. The Morgan fingerprint density at radius 3 is 2.38 bits per heavy atom. The molecule has 4 heteroatoms. The Morgan fingerprint density at radius 2 is 1.85 bits per heavy atom. The van der Waals surface area contributed by atoms with Crippen LogP contribution in [-0.4, -0.2) is 23.2 Å². The Morgan fingerprint density at radius 1 is 1.23 bits per heavy atom. The van der Waals surface area contributed by atoms with E-state index in [4.69, 9.17) is 5.11 Å². The number of aliphatic carboxylic acids is 1. The van der Waals surface area contributed by atoms with Gasteiger partial charge in [0.2, 0.25) is 0 Å². The van der Waals surface area contributed by atoms with E-state index in [1.165, 1.54) is 0 Å². The number of carboxylic acid groups (broad SMARTS) is 1. The van der Waals surface area contributed by atoms with E-state index in [0.717, 1.165) is 0 Å². The second-order valence-corrected chi connectivity index (χ2v) is 2.27. The summed E-state index contributed by atoms with van der Waals surface area (Å²) in [6.45, 7) is 0. The summed E-state index contributed by atoms with van der Waals surface area (Å²) in [6.07, 6.45) is 0.579. The molecule has 0 bridgehead atoms. The molecule has 0 spiro atoms. The lowest BCUT2D eigenvalue weighted by Gasteiger charge is -1.91. The van der Waals surface area contributed by atoms with Crippen molar-refractivity contribution in [1.82, 2.24) is 0 Å². The maximum absolute atomic E-state index is 11.1. The van der Waals surface area contributed by atoms with E-state index >= 15 is 0 Å². The van der Waals surface area contributed by atoms with Crippen molar-refractivity contribution >= 4 is 18.1 Å². The predicted molar refractivity (Wildman–Crippen MR) is 46.9 cm³/mol. The quantitative estimate of drug-likeness (QED) is 0.685. The standard InChI is InChI=1S/C9H7NO3/c11-8(12)6-10-9(13)7-4-2-1-3-5-7/h1-6H,(H,11,12)/b10-6-. The number of benzene rings is 1. The maximum atomic E-state index is 11.1. The smallest absolute Gasteiger partial charge is 0.347 e. The van der Waals surface area contributed by atoms with Gasteiger partial charge >= 0.3 is 5.97 Å². The zero-order chi connectivity index (χ0) is 9.68. The molecule has 0 aliphatic heterocycles. The van der Waals surface area contributed by atoms with Gasteiger partial charge < -0.3 is 5.11 Å². The number of amides is 1. The average molecular weight is 177 g/mol. The molecule has 0 saturated heterocycles. The van der Waals surface area contributed by atoms with Crippen molar-refractivity contribution in [3.63, 3.8) is 0 Å². The summed E-state index contributed by atoms with van der Waals surface area (Å²) >= 11 is 0. The first-order valence-corrected chi connectivity index (χ1v) is 3.56. The van der Waals surface area contributed by atoms with Crippen LogP contribution >= 0.6 is 0 Å². The third kappa shape index (κ3) is 2.86. The number of carbonyl (C=O) groups is 2. The molecule has 13 heavy (non-hydrogen) atoms. The lowest BCUT2D eigenvalue weighted by atomic mass is 10.2. The molecule has 1 rings (SSSR count). The highest BCUT2D eigenvalue weighted by Crippen LogP contribution is 1.99. The number of aliphatic imine (C=N–C) groups is 1. The van der Waals surface area contributed by atoms with Gasteiger partial charge in [-0.05, 0) is 12.1 Å². The van der Waals surface area contributed by atoms with Crippen LogP contribution in [0.15, 0.2) is 35.3 Å². The van der Waals surface area contributed by atoms with Crippen molar-refractivity contribution in [3.05, 3.63) is 35.9 Å². The highest BCUT2D eigenvalue weighted by atomic mass is 16.4. The van der Waals surface area contributed by atoms with Crippen molar-refractivity contribution < 1.29 is 14.7 Å². The monoisotopic (exact) mass is 177 g/mol. The summed E-state index contributed by atoms with van der Waals surface area (Å²) in [4.78, 5) is 24.4. The molecule has 0 heterocycles. The van der Waals surface area contributed by atoms with Crippen LogP contribution in [0, 0.1) is 0 Å². The summed E-state index contributed by atoms with van der Waals surface area (Å²) in [7, 11) is 0. The van der Waals surface area contributed by atoms with Gasteiger partial charge in [0.15, 0.2) is 0 Å². The fourth-order valence-corrected chi connectivity index (χ4v) is 0.769. The van der Waals surface area contributed by atoms with E-state index in [1.807, 2.05) is 0 Å². The topological polar surface area (TPSA) is 66.7 Å². The van der Waals surface area contributed by atoms with Gasteiger partial charge in [0, 0.05) is 5.56 Å². The molecular formula is C9H7NO3. The molecule has 0 fully saturated rings. The number of hydrogen-bond donors (Lipinski definition) is 1. The molecule has 4 nitrogen and oxygen atoms in total. The minimum absolute atomic E-state index is 0.375. The normalized spacial score (nSPS) is 10.2. The Balaban J connectivity index is 2.76. The van der Waals surface area contributed by atoms with Gasteiger partial charge in [-0.3, -0.25) is 4.79 Å². The molecule has 66 valence electrons. The molecule has 0 aliphatic rings. The van der Waals surface area contributed by atoms with Crippen LogP contribution < -0.4 is 0 Å². The SMILES string of the molecule is O=C(O)/C=N\C(=O)c1ccccc1. The fourth-order valence-electron chi connectivity index (χ4n) is 0.769. The van der Waals surface area contributed by atoms with E-state index in [-0.39, 0.29) is 0 Å². The van der Waals surface area contributed by atoms with Gasteiger partial charge in [0.05, 0.1) is 0 Å². The first kappa shape index (κ1) is 9.12. The third-order valence-electron chi connectivity index (χ3n) is 1.31. The largest absolute Gasteiger partial charge is 0.477 e. The molecule has 1 amide bonds. The Hall–Kier alpha value is -1.97. The Labute approximate surface area is 74.5 Å². The minimum Gasteiger partial charge on any atom is -0.477 e. The second kappa shape index (κ2) is 4.15. The molecule has 1 aromatic carbocycles. The van der Waals surface area contributed by atoms with Gasteiger partial charge in [0.25, 0.3) is 5.91 Å². The fraction of sp³-hybridized carbons (Fsp3) is 0. The van der Waals surface area contributed by atoms with Crippen LogP contribution in [0.3, 0.4) is 0 Å². The average Bonchev–Trinajstić information content (AvgIpc) is 2.15. The Bertz CT molecular complexity index is 343. The third-order valence-corrected chi connectivity index (χ3v) is 1.31. The van der Waals surface area contributed by atoms with Crippen LogP contribution in [0.1, 0.15) is 10.4 Å². The summed E-state index contributed by atoms with van der Waals surface area (Å²) in [6, 6.07) is 8.27. The molecular weight excluding hydrogens is 170 g/mol. The molecule has 1 aromatic rings. The van der Waals surface area contributed by atoms with E-state index in [1.54, 1.807) is 30.3 Å². The van der Waals surface area contributed by atoms with Gasteiger partial charge in [-0.15, -0.1) is 0 Å². The number of hydrogen-bond acceptors (Lipinski definition) is 2. The van der Waals surface area contributed by atoms with Crippen LogP contribution in [0.5, 0.6) is 0 Å². The van der Waals surface area contributed by atoms with Crippen molar-refractivity contribution in [1.29, 1.82) is 0 Å². The first-order chi connectivity index (χ1) is 6.20. The zero-order valence-corrected chi connectivity index (χ0v) is 6.68. The maximum Gasteiger partial charge on any atom is 0.347 e. The van der Waals surface area contributed by atoms with E-state index < -0.39 is 11.9 Å².